The molecule has 0 saturated heterocycles. The fourth-order valence-corrected chi connectivity index (χ4v) is 2.69. The number of aryl methyl sites for hydroxylation is 1. The Kier molecular flexibility index (Phi) is 7.02. The Labute approximate surface area is 152 Å². The SMILES string of the molecule is COc1ccc([C@H](CC(=O)O)NC(=O)CCc2ccccc2OC)cc1. The second-order valence-electron chi connectivity index (χ2n) is 5.80. The van der Waals surface area contributed by atoms with Gasteiger partial charge in [0, 0.05) is 6.42 Å². The van der Waals surface area contributed by atoms with Gasteiger partial charge in [-0.15, -0.1) is 0 Å². The summed E-state index contributed by atoms with van der Waals surface area (Å²) in [6.07, 6.45) is 0.567. The number of para-hydroxylation sites is 1. The maximum absolute atomic E-state index is 12.3. The fraction of sp³-hybridized carbons (Fsp3) is 0.300. The zero-order valence-electron chi connectivity index (χ0n) is 14.9. The van der Waals surface area contributed by atoms with Crippen LogP contribution in [0.2, 0.25) is 0 Å². The van der Waals surface area contributed by atoms with Gasteiger partial charge >= 0.3 is 5.97 Å². The van der Waals surface area contributed by atoms with Crippen molar-refractivity contribution in [3.63, 3.8) is 0 Å². The van der Waals surface area contributed by atoms with Gasteiger partial charge in [-0.1, -0.05) is 30.3 Å². The zero-order chi connectivity index (χ0) is 18.9. The Morgan fingerprint density at radius 3 is 2.35 bits per heavy atom. The summed E-state index contributed by atoms with van der Waals surface area (Å²) in [5, 5.41) is 12.0. The molecule has 0 aromatic heterocycles. The predicted molar refractivity (Wildman–Crippen MR) is 97.4 cm³/mol. The number of rotatable bonds is 9. The van der Waals surface area contributed by atoms with E-state index in [1.807, 2.05) is 24.3 Å². The van der Waals surface area contributed by atoms with Crippen LogP contribution in [-0.4, -0.2) is 31.2 Å². The van der Waals surface area contributed by atoms with Crippen molar-refractivity contribution in [2.75, 3.05) is 14.2 Å². The minimum Gasteiger partial charge on any atom is -0.497 e. The number of aliphatic carboxylic acids is 1. The van der Waals surface area contributed by atoms with Gasteiger partial charge in [0.2, 0.25) is 5.91 Å². The molecule has 2 aromatic carbocycles. The largest absolute Gasteiger partial charge is 0.497 e. The van der Waals surface area contributed by atoms with E-state index in [1.54, 1.807) is 38.5 Å². The maximum atomic E-state index is 12.3. The van der Waals surface area contributed by atoms with Crippen LogP contribution in [-0.2, 0) is 16.0 Å². The van der Waals surface area contributed by atoms with E-state index in [-0.39, 0.29) is 18.7 Å². The average Bonchev–Trinajstić information content (AvgIpc) is 2.65. The number of benzene rings is 2. The molecule has 1 atom stereocenters. The van der Waals surface area contributed by atoms with Gasteiger partial charge in [-0.2, -0.15) is 0 Å². The Bertz CT molecular complexity index is 742. The molecule has 0 aliphatic rings. The topological polar surface area (TPSA) is 84.9 Å². The molecule has 0 saturated carbocycles. The number of carbonyl (C=O) groups excluding carboxylic acids is 1. The summed E-state index contributed by atoms with van der Waals surface area (Å²) in [7, 11) is 3.15. The first-order valence-electron chi connectivity index (χ1n) is 8.30. The molecule has 0 aliphatic carbocycles. The molecule has 0 aliphatic heterocycles. The van der Waals surface area contributed by atoms with E-state index in [1.165, 1.54) is 0 Å². The molecule has 2 aromatic rings. The van der Waals surface area contributed by atoms with Gasteiger partial charge in [0.25, 0.3) is 0 Å². The minimum absolute atomic E-state index is 0.188. The average molecular weight is 357 g/mol. The van der Waals surface area contributed by atoms with Crippen LogP contribution in [0, 0.1) is 0 Å². The van der Waals surface area contributed by atoms with Crippen LogP contribution in [0.15, 0.2) is 48.5 Å². The first-order valence-corrected chi connectivity index (χ1v) is 8.30. The van der Waals surface area contributed by atoms with Crippen LogP contribution in [0.25, 0.3) is 0 Å². The summed E-state index contributed by atoms with van der Waals surface area (Å²) in [5.41, 5.74) is 1.66. The molecule has 2 N–H and O–H groups in total. The van der Waals surface area contributed by atoms with Crippen molar-refractivity contribution in [2.24, 2.45) is 0 Å². The Morgan fingerprint density at radius 1 is 1.04 bits per heavy atom. The second-order valence-corrected chi connectivity index (χ2v) is 5.80. The summed E-state index contributed by atoms with van der Waals surface area (Å²) < 4.78 is 10.4. The van der Waals surface area contributed by atoms with Crippen LogP contribution in [0.4, 0.5) is 0 Å². The van der Waals surface area contributed by atoms with Crippen LogP contribution < -0.4 is 14.8 Å². The molecule has 1 amide bonds. The first-order chi connectivity index (χ1) is 12.5. The molecule has 0 bridgehead atoms. The van der Waals surface area contributed by atoms with Crippen LogP contribution in [0.5, 0.6) is 11.5 Å². The van der Waals surface area contributed by atoms with E-state index in [4.69, 9.17) is 14.6 Å². The highest BCUT2D eigenvalue weighted by Crippen LogP contribution is 2.22. The lowest BCUT2D eigenvalue weighted by atomic mass is 10.0. The molecule has 0 spiro atoms. The van der Waals surface area contributed by atoms with E-state index >= 15 is 0 Å². The Hall–Kier alpha value is -3.02. The van der Waals surface area contributed by atoms with Crippen LogP contribution >= 0.6 is 0 Å². The van der Waals surface area contributed by atoms with Gasteiger partial charge < -0.3 is 19.9 Å². The number of carboxylic acid groups (broad SMARTS) is 1. The van der Waals surface area contributed by atoms with Crippen LogP contribution in [0.3, 0.4) is 0 Å². The van der Waals surface area contributed by atoms with Crippen LogP contribution in [0.1, 0.15) is 30.0 Å². The summed E-state index contributed by atoms with van der Waals surface area (Å²) >= 11 is 0. The van der Waals surface area contributed by atoms with E-state index in [9.17, 15) is 9.59 Å². The third-order valence-electron chi connectivity index (χ3n) is 4.05. The zero-order valence-corrected chi connectivity index (χ0v) is 14.9. The number of methoxy groups -OCH3 is 2. The third kappa shape index (κ3) is 5.51. The summed E-state index contributed by atoms with van der Waals surface area (Å²) in [6.45, 7) is 0. The van der Waals surface area contributed by atoms with E-state index < -0.39 is 12.0 Å². The minimum atomic E-state index is -0.976. The number of amides is 1. The van der Waals surface area contributed by atoms with Gasteiger partial charge in [-0.05, 0) is 35.7 Å². The highest BCUT2D eigenvalue weighted by Gasteiger charge is 2.18. The fourth-order valence-electron chi connectivity index (χ4n) is 2.69. The number of carboxylic acids is 1. The molecule has 138 valence electrons. The number of carbonyl (C=O) groups is 2. The van der Waals surface area contributed by atoms with Crippen molar-refractivity contribution in [3.8, 4) is 11.5 Å². The number of hydrogen-bond acceptors (Lipinski definition) is 4. The van der Waals surface area contributed by atoms with E-state index in [0.717, 1.165) is 16.9 Å². The lowest BCUT2D eigenvalue weighted by Crippen LogP contribution is -2.30. The van der Waals surface area contributed by atoms with Crippen molar-refractivity contribution in [3.05, 3.63) is 59.7 Å². The molecule has 0 unspecified atom stereocenters. The lowest BCUT2D eigenvalue weighted by Gasteiger charge is -2.18. The van der Waals surface area contributed by atoms with E-state index in [2.05, 4.69) is 5.32 Å². The predicted octanol–water partition coefficient (Wildman–Crippen LogP) is 2.97. The summed E-state index contributed by atoms with van der Waals surface area (Å²) in [5.74, 6) is 0.219. The normalized spacial score (nSPS) is 11.5. The Balaban J connectivity index is 2.02. The molecule has 6 heteroatoms. The Morgan fingerprint density at radius 2 is 1.73 bits per heavy atom. The standard InChI is InChI=1S/C20H23NO5/c1-25-16-10-7-14(8-11-16)17(13-20(23)24)21-19(22)12-9-15-5-3-4-6-18(15)26-2/h3-8,10-11,17H,9,12-13H2,1-2H3,(H,21,22)(H,23,24)/t17-/m0/s1. The van der Waals surface area contributed by atoms with Crippen molar-refractivity contribution in [1.29, 1.82) is 0 Å². The smallest absolute Gasteiger partial charge is 0.305 e. The number of nitrogens with one attached hydrogen (secondary N) is 1. The summed E-state index contributed by atoms with van der Waals surface area (Å²) in [6, 6.07) is 13.9. The maximum Gasteiger partial charge on any atom is 0.305 e. The third-order valence-corrected chi connectivity index (χ3v) is 4.05. The highest BCUT2D eigenvalue weighted by atomic mass is 16.5. The highest BCUT2D eigenvalue weighted by molar-refractivity contribution is 5.78. The number of ether oxygens (including phenoxy) is 2. The van der Waals surface area contributed by atoms with Crippen molar-refractivity contribution < 1.29 is 24.2 Å². The molecule has 26 heavy (non-hydrogen) atoms. The molecule has 0 heterocycles. The molecular weight excluding hydrogens is 334 g/mol. The monoisotopic (exact) mass is 357 g/mol. The van der Waals surface area contributed by atoms with Gasteiger partial charge in [0.05, 0.1) is 26.7 Å². The lowest BCUT2D eigenvalue weighted by molar-refractivity contribution is -0.137. The number of hydrogen-bond donors (Lipinski definition) is 2. The molecule has 0 fully saturated rings. The van der Waals surface area contributed by atoms with Gasteiger partial charge in [-0.3, -0.25) is 9.59 Å². The van der Waals surface area contributed by atoms with Gasteiger partial charge in [0.1, 0.15) is 11.5 Å². The van der Waals surface area contributed by atoms with Crippen molar-refractivity contribution in [1.82, 2.24) is 5.32 Å². The van der Waals surface area contributed by atoms with Crippen molar-refractivity contribution >= 4 is 11.9 Å². The summed E-state index contributed by atoms with van der Waals surface area (Å²) in [4.78, 5) is 23.5. The van der Waals surface area contributed by atoms with Gasteiger partial charge in [-0.25, -0.2) is 0 Å². The second kappa shape index (κ2) is 9.46. The molecule has 6 nitrogen and oxygen atoms in total. The van der Waals surface area contributed by atoms with E-state index in [0.29, 0.717) is 12.2 Å². The molecule has 0 radical (unpaired) electrons. The molecule has 2 rings (SSSR count). The molecular formula is C20H23NO5. The van der Waals surface area contributed by atoms with Crippen molar-refractivity contribution in [2.45, 2.75) is 25.3 Å². The quantitative estimate of drug-likeness (QED) is 0.721. The first kappa shape index (κ1) is 19.3. The van der Waals surface area contributed by atoms with Gasteiger partial charge in [0.15, 0.2) is 0 Å².